The molecule has 1 heterocycles. The minimum absolute atomic E-state index is 0.649. The van der Waals surface area contributed by atoms with E-state index in [0.717, 1.165) is 12.2 Å². The first-order chi connectivity index (χ1) is 8.08. The minimum atomic E-state index is 0.649. The van der Waals surface area contributed by atoms with Gasteiger partial charge in [0, 0.05) is 24.5 Å². The van der Waals surface area contributed by atoms with E-state index < -0.39 is 0 Å². The van der Waals surface area contributed by atoms with E-state index in [2.05, 4.69) is 46.0 Å². The van der Waals surface area contributed by atoms with Crippen molar-refractivity contribution in [3.8, 4) is 0 Å². The van der Waals surface area contributed by atoms with E-state index >= 15 is 0 Å². The van der Waals surface area contributed by atoms with E-state index in [-0.39, 0.29) is 0 Å². The van der Waals surface area contributed by atoms with Gasteiger partial charge in [0.05, 0.1) is 11.4 Å². The summed E-state index contributed by atoms with van der Waals surface area (Å²) in [6.07, 6.45) is 5.34. The summed E-state index contributed by atoms with van der Waals surface area (Å²) in [5.41, 5.74) is 2.41. The third-order valence-electron chi connectivity index (χ3n) is 3.72. The molecule has 96 valence electrons. The van der Waals surface area contributed by atoms with Gasteiger partial charge in [-0.3, -0.25) is 9.58 Å². The maximum Gasteiger partial charge on any atom is 0.0597 e. The fourth-order valence-electron chi connectivity index (χ4n) is 2.75. The van der Waals surface area contributed by atoms with Gasteiger partial charge in [0.25, 0.3) is 0 Å². The summed E-state index contributed by atoms with van der Waals surface area (Å²) in [6.45, 7) is 3.04. The van der Waals surface area contributed by atoms with Crippen molar-refractivity contribution in [1.82, 2.24) is 14.7 Å². The zero-order valence-electron chi connectivity index (χ0n) is 11.0. The Labute approximate surface area is 112 Å². The van der Waals surface area contributed by atoms with Crippen molar-refractivity contribution in [2.45, 2.75) is 50.0 Å². The molecule has 17 heavy (non-hydrogen) atoms. The highest BCUT2D eigenvalue weighted by molar-refractivity contribution is 9.09. The van der Waals surface area contributed by atoms with Crippen molar-refractivity contribution < 1.29 is 0 Å². The molecule has 0 spiro atoms. The summed E-state index contributed by atoms with van der Waals surface area (Å²) in [4.78, 5) is 3.12. The van der Waals surface area contributed by atoms with E-state index in [9.17, 15) is 0 Å². The third kappa shape index (κ3) is 3.10. The van der Waals surface area contributed by atoms with Crippen LogP contribution in [0.2, 0.25) is 0 Å². The number of halogens is 1. The quantitative estimate of drug-likeness (QED) is 0.800. The van der Waals surface area contributed by atoms with Crippen LogP contribution in [-0.2, 0) is 13.6 Å². The lowest BCUT2D eigenvalue weighted by molar-refractivity contribution is 0.189. The highest BCUT2D eigenvalue weighted by atomic mass is 79.9. The highest BCUT2D eigenvalue weighted by Gasteiger charge is 2.26. The fourth-order valence-corrected chi connectivity index (χ4v) is 3.74. The SMILES string of the molecule is Cc1cc(CN(C)C2CCCCC2Br)n(C)n1. The molecular formula is C13H22BrN3. The van der Waals surface area contributed by atoms with Gasteiger partial charge < -0.3 is 0 Å². The molecule has 1 fully saturated rings. The van der Waals surface area contributed by atoms with Crippen molar-refractivity contribution in [3.05, 3.63) is 17.5 Å². The van der Waals surface area contributed by atoms with E-state index in [4.69, 9.17) is 0 Å². The molecule has 0 saturated heterocycles. The number of hydrogen-bond acceptors (Lipinski definition) is 2. The highest BCUT2D eigenvalue weighted by Crippen LogP contribution is 2.28. The van der Waals surface area contributed by atoms with Gasteiger partial charge in [0.1, 0.15) is 0 Å². The monoisotopic (exact) mass is 299 g/mol. The van der Waals surface area contributed by atoms with Crippen LogP contribution in [-0.4, -0.2) is 32.6 Å². The first kappa shape index (κ1) is 13.1. The molecule has 1 aromatic heterocycles. The zero-order chi connectivity index (χ0) is 12.4. The van der Waals surface area contributed by atoms with Gasteiger partial charge in [-0.25, -0.2) is 0 Å². The molecular weight excluding hydrogens is 278 g/mol. The van der Waals surface area contributed by atoms with E-state index in [0.29, 0.717) is 10.9 Å². The van der Waals surface area contributed by atoms with Crippen LogP contribution in [0.1, 0.15) is 37.1 Å². The summed E-state index contributed by atoms with van der Waals surface area (Å²) in [6, 6.07) is 2.85. The van der Waals surface area contributed by atoms with Gasteiger partial charge >= 0.3 is 0 Å². The topological polar surface area (TPSA) is 21.1 Å². The van der Waals surface area contributed by atoms with Crippen LogP contribution in [0.5, 0.6) is 0 Å². The molecule has 0 bridgehead atoms. The molecule has 0 amide bonds. The normalized spacial score (nSPS) is 25.5. The summed E-state index contributed by atoms with van der Waals surface area (Å²) in [5.74, 6) is 0. The molecule has 0 aliphatic heterocycles. The number of rotatable bonds is 3. The molecule has 2 unspecified atom stereocenters. The molecule has 0 radical (unpaired) electrons. The van der Waals surface area contributed by atoms with Crippen LogP contribution in [0.3, 0.4) is 0 Å². The molecule has 3 nitrogen and oxygen atoms in total. The number of alkyl halides is 1. The summed E-state index contributed by atoms with van der Waals surface area (Å²) < 4.78 is 2.00. The maximum absolute atomic E-state index is 4.41. The van der Waals surface area contributed by atoms with E-state index in [1.54, 1.807) is 0 Å². The maximum atomic E-state index is 4.41. The van der Waals surface area contributed by atoms with Gasteiger partial charge in [0.15, 0.2) is 0 Å². The Morgan fingerprint density at radius 3 is 2.76 bits per heavy atom. The van der Waals surface area contributed by atoms with Crippen LogP contribution >= 0.6 is 15.9 Å². The second-order valence-corrected chi connectivity index (χ2v) is 6.36. The molecule has 1 aromatic rings. The predicted molar refractivity (Wildman–Crippen MR) is 74.4 cm³/mol. The van der Waals surface area contributed by atoms with Gasteiger partial charge in [0.2, 0.25) is 0 Å². The number of aromatic nitrogens is 2. The molecule has 0 N–H and O–H groups in total. The zero-order valence-corrected chi connectivity index (χ0v) is 12.6. The number of nitrogens with zero attached hydrogens (tertiary/aromatic N) is 3. The Bertz CT molecular complexity index is 375. The van der Waals surface area contributed by atoms with Crippen molar-refractivity contribution in [1.29, 1.82) is 0 Å². The summed E-state index contributed by atoms with van der Waals surface area (Å²) >= 11 is 3.83. The van der Waals surface area contributed by atoms with Crippen LogP contribution in [0, 0.1) is 6.92 Å². The Morgan fingerprint density at radius 2 is 2.18 bits per heavy atom. The lowest BCUT2D eigenvalue weighted by Gasteiger charge is -2.35. The van der Waals surface area contributed by atoms with Crippen LogP contribution in [0.25, 0.3) is 0 Å². The van der Waals surface area contributed by atoms with Gasteiger partial charge in [-0.2, -0.15) is 5.10 Å². The molecule has 1 aliphatic carbocycles. The Balaban J connectivity index is 2.00. The molecule has 2 rings (SSSR count). The van der Waals surface area contributed by atoms with Gasteiger partial charge in [-0.1, -0.05) is 28.8 Å². The second kappa shape index (κ2) is 5.53. The Kier molecular flexibility index (Phi) is 4.26. The third-order valence-corrected chi connectivity index (χ3v) is 4.79. The number of aryl methyl sites for hydroxylation is 2. The second-order valence-electron chi connectivity index (χ2n) is 5.18. The lowest BCUT2D eigenvalue weighted by Crippen LogP contribution is -2.40. The molecule has 1 aliphatic rings. The predicted octanol–water partition coefficient (Wildman–Crippen LogP) is 2.87. The van der Waals surface area contributed by atoms with Crippen molar-refractivity contribution in [2.24, 2.45) is 7.05 Å². The molecule has 2 atom stereocenters. The smallest absolute Gasteiger partial charge is 0.0597 e. The van der Waals surface area contributed by atoms with Crippen molar-refractivity contribution in [3.63, 3.8) is 0 Å². The Hall–Kier alpha value is -0.350. The van der Waals surface area contributed by atoms with Crippen molar-refractivity contribution in [2.75, 3.05) is 7.05 Å². The van der Waals surface area contributed by atoms with Gasteiger partial charge in [-0.05, 0) is 32.9 Å². The van der Waals surface area contributed by atoms with Gasteiger partial charge in [-0.15, -0.1) is 0 Å². The molecule has 0 aromatic carbocycles. The van der Waals surface area contributed by atoms with E-state index in [1.165, 1.54) is 31.4 Å². The summed E-state index contributed by atoms with van der Waals surface area (Å²) in [5, 5.41) is 4.41. The number of hydrogen-bond donors (Lipinski definition) is 0. The molecule has 4 heteroatoms. The van der Waals surface area contributed by atoms with Crippen LogP contribution in [0.15, 0.2) is 6.07 Å². The minimum Gasteiger partial charge on any atom is -0.296 e. The van der Waals surface area contributed by atoms with E-state index in [1.807, 2.05) is 11.7 Å². The molecule has 1 saturated carbocycles. The van der Waals surface area contributed by atoms with Crippen LogP contribution < -0.4 is 0 Å². The fraction of sp³-hybridized carbons (Fsp3) is 0.769. The average molecular weight is 300 g/mol. The van der Waals surface area contributed by atoms with Crippen molar-refractivity contribution >= 4 is 15.9 Å². The van der Waals surface area contributed by atoms with Crippen LogP contribution in [0.4, 0.5) is 0 Å². The lowest BCUT2D eigenvalue weighted by atomic mass is 9.94. The average Bonchev–Trinajstić information content (AvgIpc) is 2.58. The standard InChI is InChI=1S/C13H22BrN3/c1-10-8-11(17(3)15-10)9-16(2)13-7-5-4-6-12(13)14/h8,12-13H,4-7,9H2,1-3H3. The first-order valence-corrected chi connectivity index (χ1v) is 7.33. The summed E-state index contributed by atoms with van der Waals surface area (Å²) in [7, 11) is 4.26. The largest absolute Gasteiger partial charge is 0.296 e. The Morgan fingerprint density at radius 1 is 1.47 bits per heavy atom. The first-order valence-electron chi connectivity index (χ1n) is 6.42.